The van der Waals surface area contributed by atoms with Crippen LogP contribution in [0.5, 0.6) is 0 Å². The van der Waals surface area contributed by atoms with E-state index < -0.39 is 0 Å². The van der Waals surface area contributed by atoms with Gasteiger partial charge in [0.1, 0.15) is 0 Å². The summed E-state index contributed by atoms with van der Waals surface area (Å²) in [5.74, 6) is 0. The molecule has 1 aliphatic rings. The first-order chi connectivity index (χ1) is 5.70. The van der Waals surface area contributed by atoms with Crippen LogP contribution in [0, 0.1) is 0 Å². The van der Waals surface area contributed by atoms with Crippen LogP contribution in [0.2, 0.25) is 0 Å². The lowest BCUT2D eigenvalue weighted by Gasteiger charge is -2.24. The summed E-state index contributed by atoms with van der Waals surface area (Å²) in [7, 11) is 3.55. The van der Waals surface area contributed by atoms with Gasteiger partial charge in [0.2, 0.25) is 0 Å². The Kier molecular flexibility index (Phi) is 5.46. The van der Waals surface area contributed by atoms with Gasteiger partial charge in [-0.2, -0.15) is 0 Å². The van der Waals surface area contributed by atoms with Crippen molar-refractivity contribution in [3.05, 3.63) is 0 Å². The first-order valence-electron chi connectivity index (χ1n) is 4.68. The highest BCUT2D eigenvalue weighted by molar-refractivity contribution is 5.73. The second-order valence-electron chi connectivity index (χ2n) is 3.68. The van der Waals surface area contributed by atoms with Gasteiger partial charge in [-0.3, -0.25) is 0 Å². The van der Waals surface area contributed by atoms with Crippen LogP contribution in [0.1, 0.15) is 32.1 Å². The van der Waals surface area contributed by atoms with Crippen molar-refractivity contribution in [1.29, 1.82) is 0 Å². The van der Waals surface area contributed by atoms with E-state index in [-0.39, 0.29) is 11.5 Å². The fourth-order valence-corrected chi connectivity index (χ4v) is 1.55. The van der Waals surface area contributed by atoms with E-state index >= 15 is 0 Å². The average molecular weight is 188 g/mol. The van der Waals surface area contributed by atoms with Crippen LogP contribution >= 0.6 is 0 Å². The van der Waals surface area contributed by atoms with Crippen LogP contribution in [-0.2, 0) is 0 Å². The smallest absolute Gasteiger partial charge is 0.317 e. The van der Waals surface area contributed by atoms with Crippen molar-refractivity contribution in [3.8, 4) is 0 Å². The molecule has 78 valence electrons. The summed E-state index contributed by atoms with van der Waals surface area (Å²) in [6.45, 7) is 0. The molecule has 13 heavy (non-hydrogen) atoms. The molecule has 0 aromatic carbocycles. The number of hydrogen-bond acceptors (Lipinski definition) is 1. The van der Waals surface area contributed by atoms with Gasteiger partial charge in [-0.1, -0.05) is 19.3 Å². The van der Waals surface area contributed by atoms with Crippen LogP contribution in [0.3, 0.4) is 0 Å². The molecule has 1 rings (SSSR count). The molecular weight excluding hydrogens is 168 g/mol. The van der Waals surface area contributed by atoms with Gasteiger partial charge in [0.15, 0.2) is 0 Å². The molecule has 0 spiro atoms. The SMILES string of the molecule is CN(C)C(=O)NC1CCCCC1.O. The molecule has 0 atom stereocenters. The zero-order chi connectivity index (χ0) is 8.97. The van der Waals surface area contributed by atoms with E-state index in [4.69, 9.17) is 0 Å². The molecule has 0 aromatic heterocycles. The third-order valence-electron chi connectivity index (χ3n) is 2.34. The van der Waals surface area contributed by atoms with E-state index in [1.54, 1.807) is 19.0 Å². The highest BCUT2D eigenvalue weighted by atomic mass is 16.2. The van der Waals surface area contributed by atoms with Crippen molar-refractivity contribution in [3.63, 3.8) is 0 Å². The van der Waals surface area contributed by atoms with Gasteiger partial charge in [-0.25, -0.2) is 4.79 Å². The molecule has 0 aromatic rings. The topological polar surface area (TPSA) is 63.8 Å². The monoisotopic (exact) mass is 188 g/mol. The van der Waals surface area contributed by atoms with Crippen LogP contribution < -0.4 is 5.32 Å². The Bertz CT molecular complexity index is 154. The van der Waals surface area contributed by atoms with Crippen LogP contribution in [0.4, 0.5) is 4.79 Å². The van der Waals surface area contributed by atoms with Gasteiger partial charge >= 0.3 is 6.03 Å². The van der Waals surface area contributed by atoms with Crippen molar-refractivity contribution in [1.82, 2.24) is 10.2 Å². The molecule has 0 heterocycles. The molecule has 4 heteroatoms. The lowest BCUT2D eigenvalue weighted by molar-refractivity contribution is 0.209. The quantitative estimate of drug-likeness (QED) is 0.649. The number of rotatable bonds is 1. The Hall–Kier alpha value is -0.770. The minimum Gasteiger partial charge on any atom is -0.412 e. The van der Waals surface area contributed by atoms with Gasteiger partial charge in [0, 0.05) is 20.1 Å². The van der Waals surface area contributed by atoms with Crippen molar-refractivity contribution in [2.45, 2.75) is 38.1 Å². The van der Waals surface area contributed by atoms with Crippen LogP contribution in [0.25, 0.3) is 0 Å². The zero-order valence-corrected chi connectivity index (χ0v) is 8.47. The van der Waals surface area contributed by atoms with E-state index in [0.29, 0.717) is 6.04 Å². The maximum Gasteiger partial charge on any atom is 0.317 e. The lowest BCUT2D eigenvalue weighted by atomic mass is 9.96. The molecule has 3 N–H and O–H groups in total. The van der Waals surface area contributed by atoms with E-state index in [0.717, 1.165) is 12.8 Å². The maximum atomic E-state index is 11.2. The Morgan fingerprint density at radius 2 is 1.77 bits per heavy atom. The number of carbonyl (C=O) groups is 1. The largest absolute Gasteiger partial charge is 0.412 e. The minimum atomic E-state index is 0. The van der Waals surface area contributed by atoms with Gasteiger partial charge in [-0.05, 0) is 12.8 Å². The molecule has 0 saturated heterocycles. The number of amides is 2. The Morgan fingerprint density at radius 3 is 2.23 bits per heavy atom. The van der Waals surface area contributed by atoms with E-state index in [1.807, 2.05) is 0 Å². The second-order valence-corrected chi connectivity index (χ2v) is 3.68. The molecular formula is C9H20N2O2. The summed E-state index contributed by atoms with van der Waals surface area (Å²) in [6, 6.07) is 0.468. The normalized spacial score (nSPS) is 17.4. The second kappa shape index (κ2) is 5.80. The molecule has 1 saturated carbocycles. The summed E-state index contributed by atoms with van der Waals surface area (Å²) in [5.41, 5.74) is 0. The first kappa shape index (κ1) is 12.2. The third kappa shape index (κ3) is 4.12. The molecule has 0 aliphatic heterocycles. The van der Waals surface area contributed by atoms with Gasteiger partial charge < -0.3 is 15.7 Å². The molecule has 0 radical (unpaired) electrons. The zero-order valence-electron chi connectivity index (χ0n) is 8.47. The highest BCUT2D eigenvalue weighted by Gasteiger charge is 2.15. The summed E-state index contributed by atoms with van der Waals surface area (Å²) in [4.78, 5) is 12.8. The Balaban J connectivity index is 0.00000144. The van der Waals surface area contributed by atoms with Gasteiger partial charge in [0.05, 0.1) is 0 Å². The van der Waals surface area contributed by atoms with E-state index in [1.165, 1.54) is 19.3 Å². The molecule has 0 bridgehead atoms. The third-order valence-corrected chi connectivity index (χ3v) is 2.34. The Morgan fingerprint density at radius 1 is 1.23 bits per heavy atom. The van der Waals surface area contributed by atoms with Gasteiger partial charge in [0.25, 0.3) is 0 Å². The molecule has 2 amide bonds. The van der Waals surface area contributed by atoms with Crippen LogP contribution in [0.15, 0.2) is 0 Å². The standard InChI is InChI=1S/C9H18N2O.H2O/c1-11(2)9(12)10-8-6-4-3-5-7-8;/h8H,3-7H2,1-2H3,(H,10,12);1H2. The number of urea groups is 1. The lowest BCUT2D eigenvalue weighted by Crippen LogP contribution is -2.42. The number of nitrogens with zero attached hydrogens (tertiary/aromatic N) is 1. The average Bonchev–Trinajstić information content (AvgIpc) is 2.06. The van der Waals surface area contributed by atoms with Crippen LogP contribution in [-0.4, -0.2) is 36.5 Å². The molecule has 1 fully saturated rings. The maximum absolute atomic E-state index is 11.2. The number of carbonyl (C=O) groups excluding carboxylic acids is 1. The molecule has 0 unspecified atom stereocenters. The molecule has 1 aliphatic carbocycles. The first-order valence-corrected chi connectivity index (χ1v) is 4.68. The predicted octanol–water partition coefficient (Wildman–Crippen LogP) is 0.766. The fourth-order valence-electron chi connectivity index (χ4n) is 1.55. The summed E-state index contributed by atoms with van der Waals surface area (Å²) < 4.78 is 0. The van der Waals surface area contributed by atoms with Crippen molar-refractivity contribution in [2.24, 2.45) is 0 Å². The minimum absolute atomic E-state index is 0. The highest BCUT2D eigenvalue weighted by Crippen LogP contribution is 2.17. The summed E-state index contributed by atoms with van der Waals surface area (Å²) in [6.07, 6.45) is 6.16. The fraction of sp³-hybridized carbons (Fsp3) is 0.889. The van der Waals surface area contributed by atoms with E-state index in [2.05, 4.69) is 5.32 Å². The summed E-state index contributed by atoms with van der Waals surface area (Å²) in [5, 5.41) is 3.01. The predicted molar refractivity (Wildman–Crippen MR) is 52.7 cm³/mol. The van der Waals surface area contributed by atoms with Crippen molar-refractivity contribution in [2.75, 3.05) is 14.1 Å². The Labute approximate surface area is 79.6 Å². The van der Waals surface area contributed by atoms with E-state index in [9.17, 15) is 4.79 Å². The number of hydrogen-bond donors (Lipinski definition) is 1. The number of nitrogens with one attached hydrogen (secondary N) is 1. The molecule has 4 nitrogen and oxygen atoms in total. The summed E-state index contributed by atoms with van der Waals surface area (Å²) >= 11 is 0. The van der Waals surface area contributed by atoms with Gasteiger partial charge in [-0.15, -0.1) is 0 Å². The van der Waals surface area contributed by atoms with Crippen molar-refractivity contribution < 1.29 is 10.3 Å². The van der Waals surface area contributed by atoms with Crippen molar-refractivity contribution >= 4 is 6.03 Å².